The summed E-state index contributed by atoms with van der Waals surface area (Å²) in [6.07, 6.45) is 6.30. The maximum atomic E-state index is 14.1. The van der Waals surface area contributed by atoms with E-state index in [1.807, 2.05) is 4.83 Å². The van der Waals surface area contributed by atoms with Crippen LogP contribution in [0.4, 0.5) is 10.2 Å². The molecule has 0 saturated heterocycles. The number of carbonyl (C=O) groups is 3. The number of aryl methyl sites for hydroxylation is 1. The number of aromatic nitrogens is 5. The summed E-state index contributed by atoms with van der Waals surface area (Å²) in [6.45, 7) is 9.44. The predicted octanol–water partition coefficient (Wildman–Crippen LogP) is 4.20. The number of benzene rings is 4. The molecule has 0 spiro atoms. The van der Waals surface area contributed by atoms with Crippen LogP contribution in [0.1, 0.15) is 32.6 Å². The van der Waals surface area contributed by atoms with Gasteiger partial charge in [0.05, 0.1) is 46.0 Å². The molecule has 24 heteroatoms. The molecule has 358 valence electrons. The number of rotatable bonds is 20. The number of fused-ring (bicyclic) bond motifs is 1. The zero-order valence-corrected chi connectivity index (χ0v) is 38.8. The maximum Gasteiger partial charge on any atom is 0.270 e. The van der Waals surface area contributed by atoms with E-state index < -0.39 is 48.5 Å². The van der Waals surface area contributed by atoms with Gasteiger partial charge in [0.15, 0.2) is 16.3 Å². The van der Waals surface area contributed by atoms with Gasteiger partial charge < -0.3 is 29.4 Å². The summed E-state index contributed by atoms with van der Waals surface area (Å²) in [5, 5.41) is 18.3. The second-order valence-electron chi connectivity index (χ2n) is 15.0. The molecule has 7 rings (SSSR count). The number of hydrogen-bond acceptors (Lipinski definition) is 14. The third-order valence-electron chi connectivity index (χ3n) is 10.2. The van der Waals surface area contributed by atoms with Crippen molar-refractivity contribution in [1.82, 2.24) is 45.6 Å². The zero-order chi connectivity index (χ0) is 49.6. The van der Waals surface area contributed by atoms with Gasteiger partial charge in [0.2, 0.25) is 0 Å². The van der Waals surface area contributed by atoms with Crippen LogP contribution in [-0.4, -0.2) is 80.6 Å². The number of carbonyl (C=O) groups excluding carboxylic acids is 3. The first-order valence-electron chi connectivity index (χ1n) is 20.3. The first kappa shape index (κ1) is 48.6. The molecule has 3 amide bonds. The number of halogens is 1. The van der Waals surface area contributed by atoms with Gasteiger partial charge in [0.25, 0.3) is 37.8 Å². The molecular weight excluding hydrogens is 940 g/mol. The smallest absolute Gasteiger partial charge is 0.270 e. The molecule has 0 bridgehead atoms. The van der Waals surface area contributed by atoms with Crippen molar-refractivity contribution < 1.29 is 54.3 Å². The average Bonchev–Trinajstić information content (AvgIpc) is 4.11. The standard InChI is InChI=1S/C45H43FN10O11S2/c1-26-14-32(45(59)51-54-68(60,61)39-13-8-7-10-34(39)46)18-33(15-26)56-25-31(22-50-56)20-48-44(58)28(3)27(2)43(57)47-19-30-21-49-55(24-30)23-29-16-37(66-6)40-38(17-29)67-52-42(40)53-69(62,63)41-35(64-4)11-9-12-36(41)65-5/h7-18,21-22,24-25,54H,2-3,19-20,23H2,1,4-6H3,(H,47,57)(H,48,58)(H,51,59)(H,52,53). The Morgan fingerprint density at radius 3 is 2.04 bits per heavy atom. The average molecular weight is 983 g/mol. The van der Waals surface area contributed by atoms with Crippen LogP contribution in [0.5, 0.6) is 17.2 Å². The summed E-state index contributed by atoms with van der Waals surface area (Å²) in [7, 11) is -4.59. The second kappa shape index (κ2) is 20.3. The largest absolute Gasteiger partial charge is 0.496 e. The fraction of sp³-hybridized carbons (Fsp3) is 0.156. The minimum Gasteiger partial charge on any atom is -0.496 e. The monoisotopic (exact) mass is 982 g/mol. The number of methoxy groups -OCH3 is 3. The van der Waals surface area contributed by atoms with E-state index in [4.69, 9.17) is 18.7 Å². The van der Waals surface area contributed by atoms with E-state index in [9.17, 15) is 35.6 Å². The molecule has 69 heavy (non-hydrogen) atoms. The fourth-order valence-corrected chi connectivity index (χ4v) is 9.07. The number of ether oxygens (including phenoxy) is 3. The van der Waals surface area contributed by atoms with Gasteiger partial charge in [-0.25, -0.2) is 25.9 Å². The number of anilines is 1. The van der Waals surface area contributed by atoms with Crippen molar-refractivity contribution in [3.63, 3.8) is 0 Å². The normalized spacial score (nSPS) is 11.4. The third kappa shape index (κ3) is 10.9. The van der Waals surface area contributed by atoms with Crippen LogP contribution in [0.15, 0.2) is 136 Å². The van der Waals surface area contributed by atoms with Gasteiger partial charge in [-0.15, -0.1) is 4.83 Å². The Labute approximate surface area is 394 Å². The highest BCUT2D eigenvalue weighted by molar-refractivity contribution is 7.93. The quantitative estimate of drug-likeness (QED) is 0.0407. The molecule has 3 heterocycles. The van der Waals surface area contributed by atoms with Gasteiger partial charge in [-0.3, -0.25) is 29.2 Å². The Bertz CT molecular complexity index is 3360. The van der Waals surface area contributed by atoms with Crippen LogP contribution in [0.25, 0.3) is 16.7 Å². The SMILES string of the molecule is C=C(C(=C)C(=O)NCc1cnn(-c2cc(C)cc(C(=O)NNS(=O)(=O)c3ccccc3F)c2)c1)C(=O)NCc1cnn(Cc2cc(OC)c3c(NS(=O)(=O)c4c(OC)cccc4OC)noc3c2)c1. The van der Waals surface area contributed by atoms with E-state index in [2.05, 4.69) is 49.3 Å². The lowest BCUT2D eigenvalue weighted by molar-refractivity contribution is -0.120. The van der Waals surface area contributed by atoms with Crippen LogP contribution in [0, 0.1) is 12.7 Å². The molecule has 0 aliphatic rings. The van der Waals surface area contributed by atoms with Crippen molar-refractivity contribution in [2.24, 2.45) is 0 Å². The number of nitrogens with one attached hydrogen (secondary N) is 5. The summed E-state index contributed by atoms with van der Waals surface area (Å²) in [5.41, 5.74) is 4.94. The van der Waals surface area contributed by atoms with Crippen LogP contribution in [0.2, 0.25) is 0 Å². The zero-order valence-electron chi connectivity index (χ0n) is 37.2. The minimum atomic E-state index is -4.40. The number of hydrogen-bond donors (Lipinski definition) is 5. The van der Waals surface area contributed by atoms with Crippen molar-refractivity contribution in [2.45, 2.75) is 36.3 Å². The van der Waals surface area contributed by atoms with Crippen molar-refractivity contribution >= 4 is 54.6 Å². The van der Waals surface area contributed by atoms with Gasteiger partial charge in [-0.05, 0) is 72.6 Å². The number of amides is 3. The Balaban J connectivity index is 0.906. The van der Waals surface area contributed by atoms with Crippen molar-refractivity contribution in [3.05, 3.63) is 156 Å². The topological polar surface area (TPSA) is 269 Å². The molecule has 5 N–H and O–H groups in total. The molecule has 3 aromatic heterocycles. The fourth-order valence-electron chi connectivity index (χ4n) is 6.82. The number of nitrogens with zero attached hydrogens (tertiary/aromatic N) is 5. The van der Waals surface area contributed by atoms with Crippen LogP contribution in [0.3, 0.4) is 0 Å². The Hall–Kier alpha value is -8.35. The highest BCUT2D eigenvalue weighted by Gasteiger charge is 2.28. The molecule has 0 aliphatic heterocycles. The first-order chi connectivity index (χ1) is 32.9. The summed E-state index contributed by atoms with van der Waals surface area (Å²) < 4.78 is 93.3. The van der Waals surface area contributed by atoms with E-state index in [1.54, 1.807) is 54.5 Å². The molecule has 0 saturated carbocycles. The highest BCUT2D eigenvalue weighted by Crippen LogP contribution is 2.38. The lowest BCUT2D eigenvalue weighted by atomic mass is 10.1. The van der Waals surface area contributed by atoms with Crippen LogP contribution < -0.4 is 39.8 Å². The highest BCUT2D eigenvalue weighted by atomic mass is 32.2. The molecule has 0 radical (unpaired) electrons. The Morgan fingerprint density at radius 2 is 1.39 bits per heavy atom. The molecule has 0 aliphatic carbocycles. The summed E-state index contributed by atoms with van der Waals surface area (Å²) in [5.74, 6) is -2.84. The first-order valence-corrected chi connectivity index (χ1v) is 23.3. The summed E-state index contributed by atoms with van der Waals surface area (Å²) in [6, 6.07) is 17.3. The van der Waals surface area contributed by atoms with Gasteiger partial charge in [0.1, 0.15) is 33.3 Å². The molecular formula is C45H43FN10O11S2. The van der Waals surface area contributed by atoms with Gasteiger partial charge in [0, 0.05) is 53.3 Å². The minimum absolute atomic E-state index is 0.0162. The lowest BCUT2D eigenvalue weighted by Gasteiger charge is -2.14. The second-order valence-corrected chi connectivity index (χ2v) is 18.3. The van der Waals surface area contributed by atoms with Crippen molar-refractivity contribution in [2.75, 3.05) is 26.1 Å². The molecule has 7 aromatic rings. The molecule has 0 fully saturated rings. The third-order valence-corrected chi connectivity index (χ3v) is 12.9. The molecule has 0 atom stereocenters. The van der Waals surface area contributed by atoms with Crippen LogP contribution in [-0.2, 0) is 49.3 Å². The van der Waals surface area contributed by atoms with Gasteiger partial charge in [-0.2, -0.15) is 10.2 Å². The maximum absolute atomic E-state index is 14.1. The Kier molecular flexibility index (Phi) is 14.3. The van der Waals surface area contributed by atoms with Crippen LogP contribution >= 0.6 is 0 Å². The summed E-state index contributed by atoms with van der Waals surface area (Å²) in [4.78, 5) is 40.0. The van der Waals surface area contributed by atoms with Gasteiger partial charge >= 0.3 is 0 Å². The number of hydrazine groups is 1. The summed E-state index contributed by atoms with van der Waals surface area (Å²) >= 11 is 0. The lowest BCUT2D eigenvalue weighted by Crippen LogP contribution is -2.41. The molecule has 0 unspecified atom stereocenters. The molecule has 21 nitrogen and oxygen atoms in total. The van der Waals surface area contributed by atoms with E-state index >= 15 is 0 Å². The van der Waals surface area contributed by atoms with E-state index in [1.165, 1.54) is 68.6 Å². The Morgan fingerprint density at radius 1 is 0.754 bits per heavy atom. The van der Waals surface area contributed by atoms with E-state index in [0.29, 0.717) is 27.9 Å². The predicted molar refractivity (Wildman–Crippen MR) is 247 cm³/mol. The van der Waals surface area contributed by atoms with Crippen molar-refractivity contribution in [3.8, 4) is 22.9 Å². The van der Waals surface area contributed by atoms with E-state index in [0.717, 1.165) is 12.1 Å². The van der Waals surface area contributed by atoms with E-state index in [-0.39, 0.29) is 75.3 Å². The van der Waals surface area contributed by atoms with Crippen molar-refractivity contribution in [1.29, 1.82) is 0 Å². The molecule has 4 aromatic carbocycles. The number of sulfonamides is 2. The van der Waals surface area contributed by atoms with Gasteiger partial charge in [-0.1, -0.05) is 36.5 Å².